The maximum absolute atomic E-state index is 12.3. The number of H-pyrrole nitrogens is 1. The van der Waals surface area contributed by atoms with Gasteiger partial charge in [0, 0.05) is 31.0 Å². The summed E-state index contributed by atoms with van der Waals surface area (Å²) in [7, 11) is 0. The summed E-state index contributed by atoms with van der Waals surface area (Å²) in [6.07, 6.45) is 5.09. The number of aromatic amines is 1. The van der Waals surface area contributed by atoms with E-state index in [1.54, 1.807) is 23.4 Å². The van der Waals surface area contributed by atoms with Crippen molar-refractivity contribution in [2.45, 2.75) is 25.9 Å². The molecule has 0 spiro atoms. The summed E-state index contributed by atoms with van der Waals surface area (Å²) in [4.78, 5) is 29.0. The molecule has 1 aromatic carbocycles. The van der Waals surface area contributed by atoms with E-state index in [0.29, 0.717) is 25.1 Å². The number of nitrogens with one attached hydrogen (secondary N) is 2. The molecule has 1 unspecified atom stereocenters. The van der Waals surface area contributed by atoms with Crippen molar-refractivity contribution in [1.29, 1.82) is 5.41 Å². The monoisotopic (exact) mass is 353 g/mol. The minimum atomic E-state index is -0.331. The van der Waals surface area contributed by atoms with E-state index in [1.807, 2.05) is 30.3 Å². The van der Waals surface area contributed by atoms with Gasteiger partial charge in [-0.2, -0.15) is 0 Å². The van der Waals surface area contributed by atoms with Crippen molar-refractivity contribution in [3.63, 3.8) is 0 Å². The molecular weight excluding hydrogens is 330 g/mol. The van der Waals surface area contributed by atoms with Crippen molar-refractivity contribution in [3.05, 3.63) is 59.9 Å². The van der Waals surface area contributed by atoms with Gasteiger partial charge in [-0.25, -0.2) is 4.79 Å². The highest BCUT2D eigenvalue weighted by molar-refractivity contribution is 6.44. The first-order valence-electron chi connectivity index (χ1n) is 8.84. The molecule has 1 atom stereocenters. The van der Waals surface area contributed by atoms with Gasteiger partial charge in [0.05, 0.1) is 5.71 Å². The Balaban J connectivity index is 1.49. The fourth-order valence-corrected chi connectivity index (χ4v) is 3.23. The van der Waals surface area contributed by atoms with Crippen molar-refractivity contribution in [1.82, 2.24) is 9.88 Å². The summed E-state index contributed by atoms with van der Waals surface area (Å²) in [5.74, 6) is -0.140. The lowest BCUT2D eigenvalue weighted by Crippen LogP contribution is -2.41. The van der Waals surface area contributed by atoms with Crippen molar-refractivity contribution in [2.75, 3.05) is 13.1 Å². The zero-order valence-corrected chi connectivity index (χ0v) is 14.6. The molecule has 1 saturated heterocycles. The van der Waals surface area contributed by atoms with E-state index < -0.39 is 0 Å². The van der Waals surface area contributed by atoms with Gasteiger partial charge in [0.1, 0.15) is 6.61 Å². The number of aromatic nitrogens is 1. The van der Waals surface area contributed by atoms with Crippen LogP contribution in [-0.4, -0.2) is 40.6 Å². The maximum Gasteiger partial charge on any atom is 0.410 e. The van der Waals surface area contributed by atoms with E-state index >= 15 is 0 Å². The first-order chi connectivity index (χ1) is 12.6. The zero-order valence-electron chi connectivity index (χ0n) is 14.6. The predicted molar refractivity (Wildman–Crippen MR) is 98.4 cm³/mol. The van der Waals surface area contributed by atoms with Crippen LogP contribution in [0.4, 0.5) is 4.79 Å². The third-order valence-corrected chi connectivity index (χ3v) is 4.61. The summed E-state index contributed by atoms with van der Waals surface area (Å²) < 4.78 is 5.39. The fourth-order valence-electron chi connectivity index (χ4n) is 3.23. The number of hydrogen-bond donors (Lipinski definition) is 2. The molecule has 3 rings (SSSR count). The van der Waals surface area contributed by atoms with Crippen LogP contribution in [0.3, 0.4) is 0 Å². The van der Waals surface area contributed by atoms with Crippen molar-refractivity contribution in [3.8, 4) is 0 Å². The normalized spacial score (nSPS) is 16.9. The molecule has 1 amide bonds. The van der Waals surface area contributed by atoms with E-state index in [-0.39, 0.29) is 30.1 Å². The SMILES string of the molecule is N=C(CC1CCCN(C(=O)OCc2ccccc2)C1)C(=O)c1cc[nH]c1. The van der Waals surface area contributed by atoms with Gasteiger partial charge in [0.2, 0.25) is 5.78 Å². The third-order valence-electron chi connectivity index (χ3n) is 4.61. The van der Waals surface area contributed by atoms with E-state index in [1.165, 1.54) is 0 Å². The molecule has 1 aliphatic rings. The number of carbonyl (C=O) groups is 2. The van der Waals surface area contributed by atoms with Gasteiger partial charge in [-0.1, -0.05) is 30.3 Å². The lowest BCUT2D eigenvalue weighted by atomic mass is 9.91. The largest absolute Gasteiger partial charge is 0.445 e. The molecule has 0 radical (unpaired) electrons. The lowest BCUT2D eigenvalue weighted by molar-refractivity contribution is 0.0797. The standard InChI is InChI=1S/C20H23N3O3/c21-18(19(24)17-8-9-22-12-17)11-16-7-4-10-23(13-16)20(25)26-14-15-5-2-1-3-6-15/h1-3,5-6,8-9,12,16,21-22H,4,7,10-11,13-14H2. The predicted octanol–water partition coefficient (Wildman–Crippen LogP) is 3.66. The van der Waals surface area contributed by atoms with Crippen LogP contribution in [0.25, 0.3) is 0 Å². The quantitative estimate of drug-likeness (QED) is 0.614. The van der Waals surface area contributed by atoms with Crippen LogP contribution < -0.4 is 0 Å². The second-order valence-electron chi connectivity index (χ2n) is 6.61. The van der Waals surface area contributed by atoms with Crippen LogP contribution in [-0.2, 0) is 11.3 Å². The molecule has 0 aliphatic carbocycles. The van der Waals surface area contributed by atoms with E-state index in [4.69, 9.17) is 10.1 Å². The van der Waals surface area contributed by atoms with E-state index in [9.17, 15) is 9.59 Å². The number of ether oxygens (including phenoxy) is 1. The van der Waals surface area contributed by atoms with Gasteiger partial charge in [-0.3, -0.25) is 4.79 Å². The summed E-state index contributed by atoms with van der Waals surface area (Å²) in [6.45, 7) is 1.43. The molecule has 1 fully saturated rings. The number of carbonyl (C=O) groups excluding carboxylic acids is 2. The van der Waals surface area contributed by atoms with Gasteiger partial charge in [-0.05, 0) is 36.8 Å². The molecule has 6 nitrogen and oxygen atoms in total. The smallest absolute Gasteiger partial charge is 0.410 e. The Hall–Kier alpha value is -2.89. The highest BCUT2D eigenvalue weighted by Crippen LogP contribution is 2.21. The summed E-state index contributed by atoms with van der Waals surface area (Å²) in [6, 6.07) is 11.2. The van der Waals surface area contributed by atoms with Crippen LogP contribution in [0.2, 0.25) is 0 Å². The number of hydrogen-bond acceptors (Lipinski definition) is 4. The Morgan fingerprint density at radius 2 is 2.04 bits per heavy atom. The molecule has 0 saturated carbocycles. The van der Waals surface area contributed by atoms with E-state index in [0.717, 1.165) is 18.4 Å². The minimum Gasteiger partial charge on any atom is -0.445 e. The molecule has 1 aliphatic heterocycles. The number of nitrogens with zero attached hydrogens (tertiary/aromatic N) is 1. The molecule has 2 N–H and O–H groups in total. The van der Waals surface area contributed by atoms with Crippen LogP contribution >= 0.6 is 0 Å². The maximum atomic E-state index is 12.3. The zero-order chi connectivity index (χ0) is 18.4. The Kier molecular flexibility index (Phi) is 5.84. The molecule has 0 bridgehead atoms. The first-order valence-corrected chi connectivity index (χ1v) is 8.84. The van der Waals surface area contributed by atoms with Crippen molar-refractivity contribution >= 4 is 17.6 Å². The number of piperidine rings is 1. The second kappa shape index (κ2) is 8.47. The third kappa shape index (κ3) is 4.59. The van der Waals surface area contributed by atoms with Crippen LogP contribution in [0.5, 0.6) is 0 Å². The Bertz CT molecular complexity index is 756. The molecule has 2 aromatic rings. The molecule has 136 valence electrons. The number of Topliss-reactive ketones (excluding diaryl/α,β-unsaturated/α-hetero) is 1. The molecule has 6 heteroatoms. The number of benzene rings is 1. The topological polar surface area (TPSA) is 86.2 Å². The van der Waals surface area contributed by atoms with Gasteiger partial charge >= 0.3 is 6.09 Å². The van der Waals surface area contributed by atoms with Gasteiger partial charge in [-0.15, -0.1) is 0 Å². The van der Waals surface area contributed by atoms with Gasteiger partial charge in [0.25, 0.3) is 0 Å². The number of ketones is 1. The summed E-state index contributed by atoms with van der Waals surface area (Å²) in [5, 5.41) is 8.08. The highest BCUT2D eigenvalue weighted by Gasteiger charge is 2.27. The fraction of sp³-hybridized carbons (Fsp3) is 0.350. The van der Waals surface area contributed by atoms with Crippen molar-refractivity contribution in [2.24, 2.45) is 5.92 Å². The average Bonchev–Trinajstić information content (AvgIpc) is 3.21. The Morgan fingerprint density at radius 1 is 1.23 bits per heavy atom. The number of rotatable bonds is 6. The molecule has 2 heterocycles. The number of amides is 1. The van der Waals surface area contributed by atoms with Gasteiger partial charge in [0.15, 0.2) is 0 Å². The second-order valence-corrected chi connectivity index (χ2v) is 6.61. The molecule has 1 aromatic heterocycles. The Morgan fingerprint density at radius 3 is 2.77 bits per heavy atom. The lowest BCUT2D eigenvalue weighted by Gasteiger charge is -2.32. The van der Waals surface area contributed by atoms with Crippen LogP contribution in [0.15, 0.2) is 48.8 Å². The highest BCUT2D eigenvalue weighted by atomic mass is 16.6. The molecular formula is C20H23N3O3. The van der Waals surface area contributed by atoms with Gasteiger partial charge < -0.3 is 20.0 Å². The first kappa shape index (κ1) is 17.9. The summed E-state index contributed by atoms with van der Waals surface area (Å²) in [5.41, 5.74) is 1.55. The van der Waals surface area contributed by atoms with Crippen molar-refractivity contribution < 1.29 is 14.3 Å². The minimum absolute atomic E-state index is 0.0918. The molecule has 26 heavy (non-hydrogen) atoms. The van der Waals surface area contributed by atoms with Crippen LogP contribution in [0, 0.1) is 11.3 Å². The average molecular weight is 353 g/mol. The number of likely N-dealkylation sites (tertiary alicyclic amines) is 1. The van der Waals surface area contributed by atoms with E-state index in [2.05, 4.69) is 4.98 Å². The Labute approximate surface area is 152 Å². The summed E-state index contributed by atoms with van der Waals surface area (Å²) >= 11 is 0. The van der Waals surface area contributed by atoms with Crippen LogP contribution in [0.1, 0.15) is 35.2 Å².